The number of amides is 2. The average molecular weight is 380 g/mol. The zero-order valence-corrected chi connectivity index (χ0v) is 16.6. The highest BCUT2D eigenvalue weighted by Crippen LogP contribution is 2.20. The molecule has 0 radical (unpaired) electrons. The molecule has 28 heavy (non-hydrogen) atoms. The van der Waals surface area contributed by atoms with Crippen LogP contribution in [0.15, 0.2) is 30.5 Å². The predicted octanol–water partition coefficient (Wildman–Crippen LogP) is 2.45. The number of piperazine rings is 1. The first-order chi connectivity index (χ1) is 13.6. The van der Waals surface area contributed by atoms with Gasteiger partial charge < -0.3 is 9.80 Å². The quantitative estimate of drug-likeness (QED) is 0.819. The minimum atomic E-state index is 0.0648. The van der Waals surface area contributed by atoms with E-state index in [0.29, 0.717) is 32.6 Å². The maximum Gasteiger partial charge on any atom is 0.257 e. The SMILES string of the molecule is Cc1cccc(CCC(=O)N2CCN(C(=O)c3cnn4c3CCCC4)CC2)c1. The highest BCUT2D eigenvalue weighted by atomic mass is 16.2. The number of hydrogen-bond acceptors (Lipinski definition) is 3. The van der Waals surface area contributed by atoms with Gasteiger partial charge in [-0.2, -0.15) is 5.10 Å². The molecule has 0 bridgehead atoms. The monoisotopic (exact) mass is 380 g/mol. The van der Waals surface area contributed by atoms with Gasteiger partial charge in [-0.15, -0.1) is 0 Å². The van der Waals surface area contributed by atoms with Crippen molar-refractivity contribution < 1.29 is 9.59 Å². The third-order valence-corrected chi connectivity index (χ3v) is 5.84. The van der Waals surface area contributed by atoms with Gasteiger partial charge in [0.25, 0.3) is 5.91 Å². The Morgan fingerprint density at radius 3 is 2.61 bits per heavy atom. The molecule has 148 valence electrons. The number of benzene rings is 1. The third kappa shape index (κ3) is 3.96. The summed E-state index contributed by atoms with van der Waals surface area (Å²) in [7, 11) is 0. The highest BCUT2D eigenvalue weighted by Gasteiger charge is 2.28. The number of carbonyl (C=O) groups excluding carboxylic acids is 2. The fourth-order valence-electron chi connectivity index (χ4n) is 4.21. The Balaban J connectivity index is 1.30. The molecule has 0 N–H and O–H groups in total. The van der Waals surface area contributed by atoms with Gasteiger partial charge in [-0.05, 0) is 38.2 Å². The maximum atomic E-state index is 12.9. The van der Waals surface area contributed by atoms with Crippen LogP contribution in [0.2, 0.25) is 0 Å². The molecule has 3 heterocycles. The van der Waals surface area contributed by atoms with Crippen LogP contribution in [0, 0.1) is 6.92 Å². The summed E-state index contributed by atoms with van der Waals surface area (Å²) in [6.45, 7) is 5.40. The van der Waals surface area contributed by atoms with Crippen LogP contribution >= 0.6 is 0 Å². The summed E-state index contributed by atoms with van der Waals surface area (Å²) in [4.78, 5) is 29.3. The average Bonchev–Trinajstić information content (AvgIpc) is 3.16. The molecule has 0 atom stereocenters. The van der Waals surface area contributed by atoms with E-state index < -0.39 is 0 Å². The van der Waals surface area contributed by atoms with E-state index in [0.717, 1.165) is 43.5 Å². The molecule has 1 saturated heterocycles. The van der Waals surface area contributed by atoms with Crippen molar-refractivity contribution in [3.63, 3.8) is 0 Å². The lowest BCUT2D eigenvalue weighted by molar-refractivity contribution is -0.132. The first-order valence-electron chi connectivity index (χ1n) is 10.3. The van der Waals surface area contributed by atoms with Crippen molar-refractivity contribution in [3.8, 4) is 0 Å². The number of aromatic nitrogens is 2. The van der Waals surface area contributed by atoms with Crippen LogP contribution < -0.4 is 0 Å². The first kappa shape index (κ1) is 18.7. The van der Waals surface area contributed by atoms with E-state index in [2.05, 4.69) is 30.2 Å². The largest absolute Gasteiger partial charge is 0.339 e. The minimum absolute atomic E-state index is 0.0648. The van der Waals surface area contributed by atoms with Crippen LogP contribution in [0.25, 0.3) is 0 Å². The number of rotatable bonds is 4. The van der Waals surface area contributed by atoms with Gasteiger partial charge in [0.1, 0.15) is 0 Å². The maximum absolute atomic E-state index is 12.9. The van der Waals surface area contributed by atoms with Crippen molar-refractivity contribution in [1.29, 1.82) is 0 Å². The van der Waals surface area contributed by atoms with Gasteiger partial charge in [0.2, 0.25) is 5.91 Å². The van der Waals surface area contributed by atoms with Gasteiger partial charge in [0.15, 0.2) is 0 Å². The zero-order valence-electron chi connectivity index (χ0n) is 16.6. The summed E-state index contributed by atoms with van der Waals surface area (Å²) >= 11 is 0. The van der Waals surface area contributed by atoms with Crippen molar-refractivity contribution >= 4 is 11.8 Å². The van der Waals surface area contributed by atoms with E-state index in [9.17, 15) is 9.59 Å². The van der Waals surface area contributed by atoms with Crippen molar-refractivity contribution in [2.75, 3.05) is 26.2 Å². The zero-order chi connectivity index (χ0) is 19.5. The van der Waals surface area contributed by atoms with Gasteiger partial charge in [0.05, 0.1) is 17.5 Å². The third-order valence-electron chi connectivity index (χ3n) is 5.84. The van der Waals surface area contributed by atoms with Crippen LogP contribution in [0.5, 0.6) is 0 Å². The molecule has 1 aromatic carbocycles. The van der Waals surface area contributed by atoms with E-state index >= 15 is 0 Å². The second-order valence-electron chi connectivity index (χ2n) is 7.85. The van der Waals surface area contributed by atoms with Crippen molar-refractivity contribution in [2.24, 2.45) is 0 Å². The molecule has 0 aliphatic carbocycles. The Morgan fingerprint density at radius 1 is 1.04 bits per heavy atom. The minimum Gasteiger partial charge on any atom is -0.339 e. The normalized spacial score (nSPS) is 16.8. The lowest BCUT2D eigenvalue weighted by atomic mass is 10.1. The Morgan fingerprint density at radius 2 is 1.82 bits per heavy atom. The number of fused-ring (bicyclic) bond motifs is 1. The Hall–Kier alpha value is -2.63. The van der Waals surface area contributed by atoms with Crippen LogP contribution in [0.3, 0.4) is 0 Å². The molecule has 1 aromatic heterocycles. The summed E-state index contributed by atoms with van der Waals surface area (Å²) in [6, 6.07) is 8.31. The smallest absolute Gasteiger partial charge is 0.257 e. The van der Waals surface area contributed by atoms with Crippen LogP contribution in [0.1, 0.15) is 46.4 Å². The molecule has 2 aliphatic rings. The highest BCUT2D eigenvalue weighted by molar-refractivity contribution is 5.95. The van der Waals surface area contributed by atoms with Gasteiger partial charge in [-0.3, -0.25) is 14.3 Å². The summed E-state index contributed by atoms with van der Waals surface area (Å²) in [5.74, 6) is 0.242. The number of aryl methyl sites for hydroxylation is 3. The molecule has 0 saturated carbocycles. The van der Waals surface area contributed by atoms with Crippen molar-refractivity contribution in [3.05, 3.63) is 52.8 Å². The van der Waals surface area contributed by atoms with Crippen LogP contribution in [0.4, 0.5) is 0 Å². The molecule has 2 aliphatic heterocycles. The predicted molar refractivity (Wildman–Crippen MR) is 107 cm³/mol. The molecular formula is C22H28N4O2. The lowest BCUT2D eigenvalue weighted by Gasteiger charge is -2.35. The molecule has 0 spiro atoms. The lowest BCUT2D eigenvalue weighted by Crippen LogP contribution is -2.50. The van der Waals surface area contributed by atoms with Gasteiger partial charge in [-0.1, -0.05) is 29.8 Å². The van der Waals surface area contributed by atoms with Crippen LogP contribution in [-0.2, 0) is 24.2 Å². The second kappa shape index (κ2) is 8.17. The molecule has 6 heteroatoms. The summed E-state index contributed by atoms with van der Waals surface area (Å²) < 4.78 is 1.97. The van der Waals surface area contributed by atoms with Crippen LogP contribution in [-0.4, -0.2) is 57.6 Å². The standard InChI is InChI=1S/C22H28N4O2/c1-17-5-4-6-18(15-17)8-9-21(27)24-11-13-25(14-12-24)22(28)19-16-23-26-10-3-2-7-20(19)26/h4-6,15-16H,2-3,7-14H2,1H3. The van der Waals surface area contributed by atoms with Gasteiger partial charge in [-0.25, -0.2) is 0 Å². The molecular weight excluding hydrogens is 352 g/mol. The van der Waals surface area contributed by atoms with Crippen molar-refractivity contribution in [2.45, 2.75) is 45.6 Å². The second-order valence-corrected chi connectivity index (χ2v) is 7.85. The number of nitrogens with zero attached hydrogens (tertiary/aromatic N) is 4. The Labute approximate surface area is 166 Å². The number of hydrogen-bond donors (Lipinski definition) is 0. The first-order valence-corrected chi connectivity index (χ1v) is 10.3. The summed E-state index contributed by atoms with van der Waals surface area (Å²) in [5, 5.41) is 4.38. The number of carbonyl (C=O) groups is 2. The van der Waals surface area contributed by atoms with Gasteiger partial charge in [0, 0.05) is 39.1 Å². The summed E-state index contributed by atoms with van der Waals surface area (Å²) in [6.07, 6.45) is 6.19. The fourth-order valence-corrected chi connectivity index (χ4v) is 4.21. The molecule has 2 amide bonds. The van der Waals surface area contributed by atoms with E-state index in [1.165, 1.54) is 11.1 Å². The summed E-state index contributed by atoms with van der Waals surface area (Å²) in [5.41, 5.74) is 4.25. The topological polar surface area (TPSA) is 58.4 Å². The van der Waals surface area contributed by atoms with E-state index in [4.69, 9.17) is 0 Å². The molecule has 2 aromatic rings. The van der Waals surface area contributed by atoms with E-state index in [1.54, 1.807) is 6.20 Å². The molecule has 0 unspecified atom stereocenters. The molecule has 1 fully saturated rings. The van der Waals surface area contributed by atoms with E-state index in [-0.39, 0.29) is 11.8 Å². The van der Waals surface area contributed by atoms with E-state index in [1.807, 2.05) is 20.5 Å². The van der Waals surface area contributed by atoms with Crippen molar-refractivity contribution in [1.82, 2.24) is 19.6 Å². The Kier molecular flexibility index (Phi) is 5.46. The van der Waals surface area contributed by atoms with Gasteiger partial charge >= 0.3 is 0 Å². The fraction of sp³-hybridized carbons (Fsp3) is 0.500. The Bertz CT molecular complexity index is 865. The molecule has 6 nitrogen and oxygen atoms in total. The molecule has 4 rings (SSSR count).